The maximum Gasteiger partial charge on any atom is 0.327 e. The molecule has 2 aromatic rings. The van der Waals surface area contributed by atoms with Crippen LogP contribution in [0.2, 0.25) is 5.02 Å². The lowest BCUT2D eigenvalue weighted by atomic mass is 10.0. The molecule has 0 saturated carbocycles. The fourth-order valence-corrected chi connectivity index (χ4v) is 3.26. The van der Waals surface area contributed by atoms with Crippen molar-refractivity contribution >= 4 is 23.3 Å². The fraction of sp³-hybridized carbons (Fsp3) is 0.250. The summed E-state index contributed by atoms with van der Waals surface area (Å²) in [6.07, 6.45) is 0.542. The van der Waals surface area contributed by atoms with E-state index in [0.29, 0.717) is 34.0 Å². The molecule has 22 heavy (non-hydrogen) atoms. The lowest BCUT2D eigenvalue weighted by Crippen LogP contribution is -2.29. The summed E-state index contributed by atoms with van der Waals surface area (Å²) < 4.78 is 1.36. The van der Waals surface area contributed by atoms with Gasteiger partial charge in [-0.2, -0.15) is 0 Å². The van der Waals surface area contributed by atoms with Crippen LogP contribution in [-0.2, 0) is 11.2 Å². The lowest BCUT2D eigenvalue weighted by molar-refractivity contribution is -0.141. The number of nitrogens with zero attached hydrogens (tertiary/aromatic N) is 1. The standard InChI is InChI=1S/C16H15ClN2O3/c1-8-4-11-5-9(12-7-10(17)2-3-13(12)18)6-14(20)19(11)15(8)16(21)22/h2-3,5-8,15H,4,18H2,1H3,(H,21,22)/t8-,15-/m0/s1. The van der Waals surface area contributed by atoms with Crippen LogP contribution in [0.3, 0.4) is 0 Å². The first kappa shape index (κ1) is 14.7. The van der Waals surface area contributed by atoms with E-state index in [2.05, 4.69) is 0 Å². The number of carbonyl (C=O) groups is 1. The summed E-state index contributed by atoms with van der Waals surface area (Å²) in [6.45, 7) is 1.83. The van der Waals surface area contributed by atoms with Gasteiger partial charge in [0, 0.05) is 28.0 Å². The maximum atomic E-state index is 12.4. The highest BCUT2D eigenvalue weighted by Gasteiger charge is 2.35. The minimum absolute atomic E-state index is 0.128. The molecule has 0 unspecified atom stereocenters. The van der Waals surface area contributed by atoms with E-state index in [-0.39, 0.29) is 11.5 Å². The highest BCUT2D eigenvalue weighted by atomic mass is 35.5. The fourth-order valence-electron chi connectivity index (χ4n) is 3.09. The van der Waals surface area contributed by atoms with Crippen LogP contribution in [0.4, 0.5) is 5.69 Å². The summed E-state index contributed by atoms with van der Waals surface area (Å²) in [7, 11) is 0. The number of carboxylic acid groups (broad SMARTS) is 1. The molecule has 0 saturated heterocycles. The zero-order valence-corrected chi connectivity index (χ0v) is 12.7. The number of nitrogens with two attached hydrogens (primary N) is 1. The van der Waals surface area contributed by atoms with Gasteiger partial charge in [-0.15, -0.1) is 0 Å². The Morgan fingerprint density at radius 3 is 2.77 bits per heavy atom. The largest absolute Gasteiger partial charge is 0.480 e. The van der Waals surface area contributed by atoms with Gasteiger partial charge in [0.1, 0.15) is 6.04 Å². The van der Waals surface area contributed by atoms with E-state index in [1.807, 2.05) is 13.0 Å². The molecule has 1 aliphatic heterocycles. The Hall–Kier alpha value is -2.27. The van der Waals surface area contributed by atoms with E-state index in [1.54, 1.807) is 18.2 Å². The highest BCUT2D eigenvalue weighted by molar-refractivity contribution is 6.31. The van der Waals surface area contributed by atoms with E-state index < -0.39 is 12.0 Å². The van der Waals surface area contributed by atoms with Crippen molar-refractivity contribution in [3.63, 3.8) is 0 Å². The zero-order chi connectivity index (χ0) is 16.0. The van der Waals surface area contributed by atoms with Crippen LogP contribution in [0, 0.1) is 5.92 Å². The van der Waals surface area contributed by atoms with E-state index in [1.165, 1.54) is 10.6 Å². The third kappa shape index (κ3) is 2.27. The van der Waals surface area contributed by atoms with Gasteiger partial charge >= 0.3 is 5.97 Å². The topological polar surface area (TPSA) is 85.3 Å². The number of hydrogen-bond donors (Lipinski definition) is 2. The number of rotatable bonds is 2. The lowest BCUT2D eigenvalue weighted by Gasteiger charge is -2.14. The molecule has 3 N–H and O–H groups in total. The Kier molecular flexibility index (Phi) is 3.45. The quantitative estimate of drug-likeness (QED) is 0.833. The van der Waals surface area contributed by atoms with Crippen LogP contribution in [0.25, 0.3) is 11.1 Å². The molecule has 5 nitrogen and oxygen atoms in total. The SMILES string of the molecule is C[C@H]1Cc2cc(-c3cc(Cl)ccc3N)cc(=O)n2[C@@H]1C(=O)O. The Balaban J connectivity index is 2.18. The molecule has 2 atom stereocenters. The predicted molar refractivity (Wildman–Crippen MR) is 85.1 cm³/mol. The molecule has 114 valence electrons. The normalized spacial score (nSPS) is 19.9. The number of pyridine rings is 1. The summed E-state index contributed by atoms with van der Waals surface area (Å²) in [5, 5.41) is 9.85. The monoisotopic (exact) mass is 318 g/mol. The summed E-state index contributed by atoms with van der Waals surface area (Å²) in [4.78, 5) is 23.8. The first-order valence-corrected chi connectivity index (χ1v) is 7.30. The van der Waals surface area contributed by atoms with E-state index >= 15 is 0 Å². The van der Waals surface area contributed by atoms with Gasteiger partial charge in [-0.25, -0.2) is 4.79 Å². The summed E-state index contributed by atoms with van der Waals surface area (Å²) in [5.74, 6) is -1.11. The molecule has 0 fully saturated rings. The van der Waals surface area contributed by atoms with Gasteiger partial charge in [-0.05, 0) is 42.2 Å². The smallest absolute Gasteiger partial charge is 0.327 e. The number of anilines is 1. The second kappa shape index (κ2) is 5.18. The third-order valence-electron chi connectivity index (χ3n) is 4.08. The van der Waals surface area contributed by atoms with Crippen LogP contribution in [0.1, 0.15) is 18.7 Å². The van der Waals surface area contributed by atoms with Crippen molar-refractivity contribution < 1.29 is 9.90 Å². The van der Waals surface area contributed by atoms with Crippen LogP contribution in [-0.4, -0.2) is 15.6 Å². The molecule has 0 aliphatic carbocycles. The van der Waals surface area contributed by atoms with Crippen molar-refractivity contribution in [2.24, 2.45) is 5.92 Å². The Labute approximate surface area is 131 Å². The highest BCUT2D eigenvalue weighted by Crippen LogP contribution is 2.34. The van der Waals surface area contributed by atoms with Crippen LogP contribution >= 0.6 is 11.6 Å². The molecule has 1 aromatic carbocycles. The van der Waals surface area contributed by atoms with E-state index in [9.17, 15) is 14.7 Å². The van der Waals surface area contributed by atoms with Gasteiger partial charge in [0.15, 0.2) is 0 Å². The van der Waals surface area contributed by atoms with Crippen molar-refractivity contribution in [3.05, 3.63) is 51.4 Å². The first-order chi connectivity index (χ1) is 10.4. The minimum Gasteiger partial charge on any atom is -0.480 e. The van der Waals surface area contributed by atoms with Crippen LogP contribution < -0.4 is 11.3 Å². The third-order valence-corrected chi connectivity index (χ3v) is 4.31. The van der Waals surface area contributed by atoms with E-state index in [4.69, 9.17) is 17.3 Å². The molecular formula is C16H15ClN2O3. The Morgan fingerprint density at radius 1 is 1.36 bits per heavy atom. The molecular weight excluding hydrogens is 304 g/mol. The van der Waals surface area contributed by atoms with Crippen LogP contribution in [0.5, 0.6) is 0 Å². The number of fused-ring (bicyclic) bond motifs is 1. The van der Waals surface area contributed by atoms with Gasteiger partial charge in [0.05, 0.1) is 0 Å². The molecule has 0 spiro atoms. The van der Waals surface area contributed by atoms with Crippen LogP contribution in [0.15, 0.2) is 35.1 Å². The van der Waals surface area contributed by atoms with Crippen molar-refractivity contribution in [1.82, 2.24) is 4.57 Å². The Morgan fingerprint density at radius 2 is 2.09 bits per heavy atom. The average molecular weight is 319 g/mol. The second-order valence-corrected chi connectivity index (χ2v) is 6.08. The number of carboxylic acids is 1. The van der Waals surface area contributed by atoms with Gasteiger partial charge in [0.2, 0.25) is 0 Å². The van der Waals surface area contributed by atoms with Crippen molar-refractivity contribution in [2.75, 3.05) is 5.73 Å². The zero-order valence-electron chi connectivity index (χ0n) is 11.9. The number of hydrogen-bond acceptors (Lipinski definition) is 3. The number of nitrogen functional groups attached to an aromatic ring is 1. The molecule has 0 amide bonds. The average Bonchev–Trinajstić information content (AvgIpc) is 2.78. The molecule has 1 aromatic heterocycles. The van der Waals surface area contributed by atoms with Crippen molar-refractivity contribution in [3.8, 4) is 11.1 Å². The van der Waals surface area contributed by atoms with Crippen molar-refractivity contribution in [1.29, 1.82) is 0 Å². The van der Waals surface area contributed by atoms with Gasteiger partial charge in [-0.1, -0.05) is 18.5 Å². The summed E-state index contributed by atoms with van der Waals surface area (Å²) in [5.41, 5.74) is 8.20. The van der Waals surface area contributed by atoms with Gasteiger partial charge in [-0.3, -0.25) is 9.36 Å². The predicted octanol–water partition coefficient (Wildman–Crippen LogP) is 2.57. The molecule has 2 heterocycles. The number of benzene rings is 1. The van der Waals surface area contributed by atoms with E-state index in [0.717, 1.165) is 0 Å². The summed E-state index contributed by atoms with van der Waals surface area (Å²) >= 11 is 6.00. The molecule has 0 radical (unpaired) electrons. The summed E-state index contributed by atoms with van der Waals surface area (Å²) in [6, 6.07) is 7.50. The number of aliphatic carboxylic acids is 1. The van der Waals surface area contributed by atoms with Crippen molar-refractivity contribution in [2.45, 2.75) is 19.4 Å². The number of aromatic nitrogens is 1. The van der Waals surface area contributed by atoms with Gasteiger partial charge < -0.3 is 10.8 Å². The number of halogens is 1. The molecule has 3 rings (SSSR count). The Bertz CT molecular complexity index is 829. The maximum absolute atomic E-state index is 12.4. The first-order valence-electron chi connectivity index (χ1n) is 6.92. The second-order valence-electron chi connectivity index (χ2n) is 5.64. The molecule has 0 bridgehead atoms. The minimum atomic E-state index is -0.983. The molecule has 6 heteroatoms. The van der Waals surface area contributed by atoms with Gasteiger partial charge in [0.25, 0.3) is 5.56 Å². The molecule has 1 aliphatic rings.